The van der Waals surface area contributed by atoms with E-state index in [0.29, 0.717) is 17.0 Å². The number of alkyl halides is 3. The maximum atomic E-state index is 12.7. The molecule has 5 nitrogen and oxygen atoms in total. The number of halogens is 3. The summed E-state index contributed by atoms with van der Waals surface area (Å²) in [6.45, 7) is 0. The lowest BCUT2D eigenvalue weighted by atomic mass is 9.86. The van der Waals surface area contributed by atoms with Crippen molar-refractivity contribution in [1.82, 2.24) is 20.4 Å². The van der Waals surface area contributed by atoms with Crippen molar-refractivity contribution in [2.45, 2.75) is 37.8 Å². The first-order valence-electron chi connectivity index (χ1n) is 10.1. The molecule has 0 aliphatic carbocycles. The third kappa shape index (κ3) is 4.84. The first-order valence-corrected chi connectivity index (χ1v) is 10.1. The van der Waals surface area contributed by atoms with E-state index in [1.807, 2.05) is 24.3 Å². The van der Waals surface area contributed by atoms with Crippen molar-refractivity contribution >= 4 is 17.0 Å². The number of aryl methyl sites for hydroxylation is 1. The molecule has 4 rings (SSSR count). The lowest BCUT2D eigenvalue weighted by Gasteiger charge is -2.18. The van der Waals surface area contributed by atoms with Gasteiger partial charge in [0.05, 0.1) is 5.56 Å². The van der Waals surface area contributed by atoms with E-state index in [0.717, 1.165) is 54.5 Å². The molecule has 31 heavy (non-hydrogen) atoms. The number of hydrogen-bond donors (Lipinski definition) is 2. The number of aromatic nitrogens is 4. The maximum Gasteiger partial charge on any atom is 0.416 e. The van der Waals surface area contributed by atoms with E-state index < -0.39 is 11.7 Å². The van der Waals surface area contributed by atoms with Crippen LogP contribution in [-0.2, 0) is 12.6 Å². The van der Waals surface area contributed by atoms with Crippen molar-refractivity contribution in [3.05, 3.63) is 82.9 Å². The fourth-order valence-corrected chi connectivity index (χ4v) is 3.87. The number of nitrogen functional groups attached to an aromatic ring is 1. The summed E-state index contributed by atoms with van der Waals surface area (Å²) < 4.78 is 38.2. The van der Waals surface area contributed by atoms with E-state index in [-0.39, 0.29) is 5.92 Å². The highest BCUT2D eigenvalue weighted by atomic mass is 19.4. The lowest BCUT2D eigenvalue weighted by Crippen LogP contribution is -2.05. The van der Waals surface area contributed by atoms with Crippen molar-refractivity contribution in [2.24, 2.45) is 0 Å². The number of unbranched alkanes of at least 4 members (excludes halogenated alkanes) is 1. The van der Waals surface area contributed by atoms with Crippen molar-refractivity contribution in [3.8, 4) is 0 Å². The van der Waals surface area contributed by atoms with Crippen molar-refractivity contribution in [3.63, 3.8) is 0 Å². The second kappa shape index (κ2) is 8.75. The Labute approximate surface area is 177 Å². The molecule has 0 amide bonds. The summed E-state index contributed by atoms with van der Waals surface area (Å²) in [7, 11) is 0. The Morgan fingerprint density at radius 1 is 0.935 bits per heavy atom. The van der Waals surface area contributed by atoms with Crippen LogP contribution in [0.4, 0.5) is 19.0 Å². The second-order valence-electron chi connectivity index (χ2n) is 7.54. The molecule has 0 radical (unpaired) electrons. The molecule has 0 spiro atoms. The Bertz CT molecular complexity index is 1140. The van der Waals surface area contributed by atoms with E-state index in [2.05, 4.69) is 32.5 Å². The number of pyridine rings is 1. The van der Waals surface area contributed by atoms with Crippen LogP contribution in [0.25, 0.3) is 11.2 Å². The third-order valence-corrected chi connectivity index (χ3v) is 5.41. The van der Waals surface area contributed by atoms with Gasteiger partial charge < -0.3 is 5.73 Å². The highest BCUT2D eigenvalue weighted by molar-refractivity contribution is 5.77. The van der Waals surface area contributed by atoms with E-state index >= 15 is 0 Å². The Hall–Kier alpha value is -3.42. The van der Waals surface area contributed by atoms with Gasteiger partial charge >= 0.3 is 6.18 Å². The van der Waals surface area contributed by atoms with Gasteiger partial charge in [0.15, 0.2) is 0 Å². The van der Waals surface area contributed by atoms with Crippen LogP contribution in [0.3, 0.4) is 0 Å². The van der Waals surface area contributed by atoms with Crippen LogP contribution in [0.1, 0.15) is 47.4 Å². The monoisotopic (exact) mass is 425 g/mol. The zero-order chi connectivity index (χ0) is 21.8. The quantitative estimate of drug-likeness (QED) is 0.383. The van der Waals surface area contributed by atoms with Crippen LogP contribution in [0.15, 0.2) is 60.7 Å². The minimum Gasteiger partial charge on any atom is -0.384 e. The van der Waals surface area contributed by atoms with Crippen molar-refractivity contribution in [1.29, 1.82) is 0 Å². The minimum absolute atomic E-state index is 0.0618. The zero-order valence-corrected chi connectivity index (χ0v) is 16.7. The molecule has 4 aromatic rings. The number of nitrogens with two attached hydrogens (primary N) is 1. The first-order chi connectivity index (χ1) is 14.9. The standard InChI is InChI=1S/C23H22F3N5/c24-23(25,26)17-12-10-15(11-13-17)6-4-5-9-18(16-7-2-1-3-8-16)19-14-20(27)28-22-21(19)29-31-30-22/h1-3,7-8,10-14,18H,4-6,9H2,(H3,27,28,29,30,31). The van der Waals surface area contributed by atoms with Crippen LogP contribution in [0.5, 0.6) is 0 Å². The molecule has 160 valence electrons. The maximum absolute atomic E-state index is 12.7. The molecule has 2 aromatic carbocycles. The van der Waals surface area contributed by atoms with Gasteiger partial charge in [0.2, 0.25) is 5.65 Å². The fraction of sp³-hybridized carbons (Fsp3) is 0.261. The average Bonchev–Trinajstić information content (AvgIpc) is 3.22. The fourth-order valence-electron chi connectivity index (χ4n) is 3.87. The predicted molar refractivity (Wildman–Crippen MR) is 113 cm³/mol. The second-order valence-corrected chi connectivity index (χ2v) is 7.54. The lowest BCUT2D eigenvalue weighted by molar-refractivity contribution is -0.137. The highest BCUT2D eigenvalue weighted by Crippen LogP contribution is 2.34. The summed E-state index contributed by atoms with van der Waals surface area (Å²) in [5.41, 5.74) is 9.58. The number of anilines is 1. The summed E-state index contributed by atoms with van der Waals surface area (Å²) in [6, 6.07) is 17.3. The molecular formula is C23H22F3N5. The largest absolute Gasteiger partial charge is 0.416 e. The molecular weight excluding hydrogens is 403 g/mol. The van der Waals surface area contributed by atoms with E-state index in [1.54, 1.807) is 12.1 Å². The zero-order valence-electron chi connectivity index (χ0n) is 16.7. The van der Waals surface area contributed by atoms with Crippen molar-refractivity contribution in [2.75, 3.05) is 5.73 Å². The summed E-state index contributed by atoms with van der Waals surface area (Å²) in [6.07, 6.45) is -0.993. The van der Waals surface area contributed by atoms with Crippen LogP contribution in [-0.4, -0.2) is 20.4 Å². The number of hydrogen-bond acceptors (Lipinski definition) is 4. The predicted octanol–water partition coefficient (Wildman–Crippen LogP) is 5.50. The molecule has 0 bridgehead atoms. The third-order valence-electron chi connectivity index (χ3n) is 5.41. The molecule has 1 atom stereocenters. The molecule has 1 unspecified atom stereocenters. The van der Waals surface area contributed by atoms with Crippen LogP contribution >= 0.6 is 0 Å². The highest BCUT2D eigenvalue weighted by Gasteiger charge is 2.29. The Balaban J connectivity index is 1.48. The van der Waals surface area contributed by atoms with Gasteiger partial charge in [-0.15, -0.1) is 5.10 Å². The molecule has 0 fully saturated rings. The van der Waals surface area contributed by atoms with Gasteiger partial charge in [-0.2, -0.15) is 23.5 Å². The molecule has 8 heteroatoms. The van der Waals surface area contributed by atoms with E-state index in [1.165, 1.54) is 0 Å². The smallest absolute Gasteiger partial charge is 0.384 e. The van der Waals surface area contributed by atoms with Gasteiger partial charge in [-0.3, -0.25) is 0 Å². The summed E-state index contributed by atoms with van der Waals surface area (Å²) in [4.78, 5) is 4.23. The van der Waals surface area contributed by atoms with Gasteiger partial charge in [-0.25, -0.2) is 4.98 Å². The number of nitrogens with zero attached hydrogens (tertiary/aromatic N) is 3. The number of fused-ring (bicyclic) bond motifs is 1. The van der Waals surface area contributed by atoms with Gasteiger partial charge in [0.1, 0.15) is 11.3 Å². The van der Waals surface area contributed by atoms with Gasteiger partial charge in [-0.05, 0) is 54.2 Å². The molecule has 2 aromatic heterocycles. The first kappa shape index (κ1) is 20.8. The molecule has 0 aliphatic heterocycles. The number of benzene rings is 2. The Morgan fingerprint density at radius 3 is 2.39 bits per heavy atom. The van der Waals surface area contributed by atoms with Gasteiger partial charge in [0, 0.05) is 5.92 Å². The number of aromatic amines is 1. The summed E-state index contributed by atoms with van der Waals surface area (Å²) in [5, 5.41) is 11.0. The summed E-state index contributed by atoms with van der Waals surface area (Å²) in [5.74, 6) is 0.453. The van der Waals surface area contributed by atoms with Crippen LogP contribution in [0.2, 0.25) is 0 Å². The Kier molecular flexibility index (Phi) is 5.88. The van der Waals surface area contributed by atoms with E-state index in [4.69, 9.17) is 5.73 Å². The average molecular weight is 425 g/mol. The van der Waals surface area contributed by atoms with Crippen LogP contribution < -0.4 is 5.73 Å². The molecule has 2 heterocycles. The number of rotatable bonds is 7. The van der Waals surface area contributed by atoms with Crippen molar-refractivity contribution < 1.29 is 13.2 Å². The normalized spacial score (nSPS) is 12.9. The molecule has 0 saturated heterocycles. The minimum atomic E-state index is -4.31. The SMILES string of the molecule is Nc1cc(C(CCCCc2ccc(C(F)(F)F)cc2)c2ccccc2)c2n[nH]nc2n1. The number of nitrogens with one attached hydrogen (secondary N) is 1. The molecule has 0 saturated carbocycles. The summed E-state index contributed by atoms with van der Waals surface area (Å²) >= 11 is 0. The topological polar surface area (TPSA) is 80.5 Å². The molecule has 0 aliphatic rings. The number of H-pyrrole nitrogens is 1. The van der Waals surface area contributed by atoms with Crippen LogP contribution in [0, 0.1) is 0 Å². The van der Waals surface area contributed by atoms with Gasteiger partial charge in [0.25, 0.3) is 0 Å². The molecule has 3 N–H and O–H groups in total. The Morgan fingerprint density at radius 2 is 1.68 bits per heavy atom. The van der Waals surface area contributed by atoms with E-state index in [9.17, 15) is 13.2 Å². The van der Waals surface area contributed by atoms with Gasteiger partial charge in [-0.1, -0.05) is 48.9 Å².